The number of hydrogen-bond acceptors (Lipinski definition) is 4. The monoisotopic (exact) mass is 208 g/mol. The van der Waals surface area contributed by atoms with E-state index < -0.39 is 11.9 Å². The van der Waals surface area contributed by atoms with E-state index in [1.165, 1.54) is 5.56 Å². The van der Waals surface area contributed by atoms with E-state index in [2.05, 4.69) is 10.3 Å². The number of pyridine rings is 1. The Balaban J connectivity index is 2.15. The minimum atomic E-state index is -0.609. The second kappa shape index (κ2) is 6.10. The highest BCUT2D eigenvalue weighted by atomic mass is 16.1. The van der Waals surface area contributed by atoms with Crippen LogP contribution in [0.2, 0.25) is 0 Å². The van der Waals surface area contributed by atoms with E-state index in [0.29, 0.717) is 6.54 Å². The van der Waals surface area contributed by atoms with Crippen molar-refractivity contribution in [2.75, 3.05) is 13.1 Å². The first-order valence-corrected chi connectivity index (χ1v) is 4.84. The topological polar surface area (TPSA) is 94.0 Å². The number of aromatic nitrogens is 1. The maximum Gasteiger partial charge on any atom is 0.235 e. The number of hydrogen-bond donors (Lipinski definition) is 3. The molecule has 5 N–H and O–H groups in total. The fraction of sp³-hybridized carbons (Fsp3) is 0.400. The summed E-state index contributed by atoms with van der Waals surface area (Å²) in [4.78, 5) is 14.5. The van der Waals surface area contributed by atoms with E-state index in [1.54, 1.807) is 12.4 Å². The molecule has 1 rings (SSSR count). The molecule has 0 aliphatic rings. The molecule has 0 bridgehead atoms. The number of carbonyl (C=O) groups is 1. The standard InChI is InChI=1S/C10H16N4O/c11-9(10(12)15)7-14-6-3-8-1-4-13-5-2-8/h1-2,4-5,9,14H,3,6-7,11H2,(H2,12,15). The lowest BCUT2D eigenvalue weighted by Crippen LogP contribution is -2.44. The summed E-state index contributed by atoms with van der Waals surface area (Å²) < 4.78 is 0. The SMILES string of the molecule is NC(=O)C(N)CNCCc1ccncc1. The van der Waals surface area contributed by atoms with Crippen molar-refractivity contribution in [3.8, 4) is 0 Å². The number of nitrogens with one attached hydrogen (secondary N) is 1. The molecule has 0 aliphatic carbocycles. The molecular formula is C10H16N4O. The second-order valence-electron chi connectivity index (χ2n) is 3.32. The van der Waals surface area contributed by atoms with Crippen LogP contribution in [0.1, 0.15) is 5.56 Å². The van der Waals surface area contributed by atoms with Gasteiger partial charge in [-0.05, 0) is 30.7 Å². The first-order chi connectivity index (χ1) is 7.20. The first-order valence-electron chi connectivity index (χ1n) is 4.84. The zero-order chi connectivity index (χ0) is 11.1. The van der Waals surface area contributed by atoms with Gasteiger partial charge in [-0.3, -0.25) is 9.78 Å². The maximum absolute atomic E-state index is 10.6. The van der Waals surface area contributed by atoms with Gasteiger partial charge in [-0.1, -0.05) is 0 Å². The van der Waals surface area contributed by atoms with Crippen LogP contribution in [0.15, 0.2) is 24.5 Å². The lowest BCUT2D eigenvalue weighted by Gasteiger charge is -2.08. The summed E-state index contributed by atoms with van der Waals surface area (Å²) in [6.45, 7) is 1.19. The van der Waals surface area contributed by atoms with Crippen LogP contribution >= 0.6 is 0 Å². The summed E-state index contributed by atoms with van der Waals surface area (Å²) >= 11 is 0. The van der Waals surface area contributed by atoms with E-state index in [0.717, 1.165) is 13.0 Å². The van der Waals surface area contributed by atoms with E-state index in [-0.39, 0.29) is 0 Å². The van der Waals surface area contributed by atoms with Gasteiger partial charge in [0.1, 0.15) is 0 Å². The Kier molecular flexibility index (Phi) is 4.73. The fourth-order valence-corrected chi connectivity index (χ4v) is 1.14. The molecular weight excluding hydrogens is 192 g/mol. The molecule has 5 nitrogen and oxygen atoms in total. The molecule has 82 valence electrons. The molecule has 1 atom stereocenters. The van der Waals surface area contributed by atoms with Crippen LogP contribution in [0.3, 0.4) is 0 Å². The third-order valence-electron chi connectivity index (χ3n) is 2.07. The molecule has 1 unspecified atom stereocenters. The quantitative estimate of drug-likeness (QED) is 0.524. The van der Waals surface area contributed by atoms with Crippen LogP contribution in [0, 0.1) is 0 Å². The average Bonchev–Trinajstić information content (AvgIpc) is 2.25. The van der Waals surface area contributed by atoms with Gasteiger partial charge in [-0.25, -0.2) is 0 Å². The van der Waals surface area contributed by atoms with E-state index >= 15 is 0 Å². The Morgan fingerprint density at radius 1 is 1.47 bits per heavy atom. The number of nitrogens with two attached hydrogens (primary N) is 2. The summed E-state index contributed by atoms with van der Waals surface area (Å²) in [7, 11) is 0. The third-order valence-corrected chi connectivity index (χ3v) is 2.07. The Morgan fingerprint density at radius 2 is 2.13 bits per heavy atom. The van der Waals surface area contributed by atoms with Crippen molar-refractivity contribution in [1.82, 2.24) is 10.3 Å². The van der Waals surface area contributed by atoms with Gasteiger partial charge in [0.15, 0.2) is 0 Å². The molecule has 0 saturated carbocycles. The number of carbonyl (C=O) groups excluding carboxylic acids is 1. The van der Waals surface area contributed by atoms with Gasteiger partial charge in [0.05, 0.1) is 6.04 Å². The maximum atomic E-state index is 10.6. The normalized spacial score (nSPS) is 12.3. The summed E-state index contributed by atoms with van der Waals surface area (Å²) in [6.07, 6.45) is 4.39. The van der Waals surface area contributed by atoms with E-state index in [4.69, 9.17) is 11.5 Å². The Morgan fingerprint density at radius 3 is 2.73 bits per heavy atom. The molecule has 0 spiro atoms. The lowest BCUT2D eigenvalue weighted by atomic mass is 10.2. The van der Waals surface area contributed by atoms with E-state index in [1.807, 2.05) is 12.1 Å². The van der Waals surface area contributed by atoms with Crippen molar-refractivity contribution in [2.45, 2.75) is 12.5 Å². The second-order valence-corrected chi connectivity index (χ2v) is 3.32. The van der Waals surface area contributed by atoms with Crippen molar-refractivity contribution in [3.05, 3.63) is 30.1 Å². The average molecular weight is 208 g/mol. The van der Waals surface area contributed by atoms with Gasteiger partial charge in [-0.2, -0.15) is 0 Å². The van der Waals surface area contributed by atoms with Gasteiger partial charge in [0.2, 0.25) is 5.91 Å². The van der Waals surface area contributed by atoms with Crippen molar-refractivity contribution in [1.29, 1.82) is 0 Å². The number of nitrogens with zero attached hydrogens (tertiary/aromatic N) is 1. The zero-order valence-corrected chi connectivity index (χ0v) is 8.52. The molecule has 0 fully saturated rings. The highest BCUT2D eigenvalue weighted by molar-refractivity contribution is 5.79. The molecule has 1 heterocycles. The third kappa shape index (κ3) is 4.53. The molecule has 0 aromatic carbocycles. The van der Waals surface area contributed by atoms with Gasteiger partial charge in [0.25, 0.3) is 0 Å². The molecule has 15 heavy (non-hydrogen) atoms. The summed E-state index contributed by atoms with van der Waals surface area (Å²) in [5.41, 5.74) is 11.7. The summed E-state index contributed by atoms with van der Waals surface area (Å²) in [5.74, 6) is -0.480. The molecule has 0 radical (unpaired) electrons. The molecule has 0 aliphatic heterocycles. The summed E-state index contributed by atoms with van der Waals surface area (Å²) in [6, 6.07) is 3.30. The minimum Gasteiger partial charge on any atom is -0.368 e. The summed E-state index contributed by atoms with van der Waals surface area (Å²) in [5, 5.41) is 3.07. The van der Waals surface area contributed by atoms with Gasteiger partial charge >= 0.3 is 0 Å². The highest BCUT2D eigenvalue weighted by Gasteiger charge is 2.07. The van der Waals surface area contributed by atoms with Gasteiger partial charge in [0, 0.05) is 18.9 Å². The van der Waals surface area contributed by atoms with Gasteiger partial charge in [-0.15, -0.1) is 0 Å². The molecule has 1 amide bonds. The minimum absolute atomic E-state index is 0.417. The smallest absolute Gasteiger partial charge is 0.235 e. The Hall–Kier alpha value is -1.46. The van der Waals surface area contributed by atoms with Crippen LogP contribution in [0.4, 0.5) is 0 Å². The number of primary amides is 1. The zero-order valence-electron chi connectivity index (χ0n) is 8.52. The Bertz CT molecular complexity index is 302. The molecule has 1 aromatic heterocycles. The largest absolute Gasteiger partial charge is 0.368 e. The van der Waals surface area contributed by atoms with Gasteiger partial charge < -0.3 is 16.8 Å². The van der Waals surface area contributed by atoms with Crippen LogP contribution in [-0.2, 0) is 11.2 Å². The van der Waals surface area contributed by atoms with Crippen LogP contribution < -0.4 is 16.8 Å². The molecule has 1 aromatic rings. The Labute approximate surface area is 88.9 Å². The number of rotatable bonds is 6. The van der Waals surface area contributed by atoms with Crippen LogP contribution in [0.5, 0.6) is 0 Å². The van der Waals surface area contributed by atoms with Crippen molar-refractivity contribution >= 4 is 5.91 Å². The molecule has 5 heteroatoms. The first kappa shape index (κ1) is 11.6. The van der Waals surface area contributed by atoms with Crippen LogP contribution in [-0.4, -0.2) is 30.0 Å². The highest BCUT2D eigenvalue weighted by Crippen LogP contribution is 1.95. The predicted molar refractivity (Wildman–Crippen MR) is 58.0 cm³/mol. The van der Waals surface area contributed by atoms with Crippen molar-refractivity contribution in [3.63, 3.8) is 0 Å². The lowest BCUT2D eigenvalue weighted by molar-refractivity contribution is -0.119. The molecule has 0 saturated heterocycles. The van der Waals surface area contributed by atoms with Crippen molar-refractivity contribution in [2.24, 2.45) is 11.5 Å². The van der Waals surface area contributed by atoms with E-state index in [9.17, 15) is 4.79 Å². The number of amides is 1. The predicted octanol–water partition coefficient (Wildman–Crippen LogP) is -0.974. The fourth-order valence-electron chi connectivity index (χ4n) is 1.14. The van der Waals surface area contributed by atoms with Crippen LogP contribution in [0.25, 0.3) is 0 Å². The van der Waals surface area contributed by atoms with Crippen molar-refractivity contribution < 1.29 is 4.79 Å².